The van der Waals surface area contributed by atoms with Crippen molar-refractivity contribution in [2.45, 2.75) is 13.8 Å². The number of anilines is 1. The zero-order chi connectivity index (χ0) is 12.9. The van der Waals surface area contributed by atoms with E-state index in [-0.39, 0.29) is 5.91 Å². The summed E-state index contributed by atoms with van der Waals surface area (Å²) < 4.78 is 0. The van der Waals surface area contributed by atoms with E-state index in [2.05, 4.69) is 17.9 Å². The molecule has 1 aliphatic heterocycles. The van der Waals surface area contributed by atoms with Crippen molar-refractivity contribution < 1.29 is 4.79 Å². The van der Waals surface area contributed by atoms with E-state index in [1.165, 1.54) is 0 Å². The summed E-state index contributed by atoms with van der Waals surface area (Å²) in [7, 11) is 1.82. The van der Waals surface area contributed by atoms with Crippen LogP contribution in [0.5, 0.6) is 0 Å². The first-order valence-corrected chi connectivity index (χ1v) is 5.92. The van der Waals surface area contributed by atoms with E-state index in [1.807, 2.05) is 39.1 Å². The average Bonchev–Trinajstić information content (AvgIpc) is 2.61. The Morgan fingerprint density at radius 2 is 2.06 bits per heavy atom. The predicted molar refractivity (Wildman–Crippen MR) is 74.0 cm³/mol. The molecule has 0 spiro atoms. The van der Waals surface area contributed by atoms with Crippen molar-refractivity contribution in [2.24, 2.45) is 0 Å². The fourth-order valence-electron chi connectivity index (χ4n) is 2.62. The van der Waals surface area contributed by atoms with Crippen molar-refractivity contribution in [2.75, 3.05) is 11.9 Å². The molecular weight excluding hydrogens is 222 g/mol. The number of amides is 1. The van der Waals surface area contributed by atoms with Crippen LogP contribution in [0.1, 0.15) is 28.4 Å². The Balaban J connectivity index is 2.53. The maximum Gasteiger partial charge on any atom is 0.258 e. The molecule has 0 aromatic heterocycles. The first-order chi connectivity index (χ1) is 8.65. The second-order valence-electron chi connectivity index (χ2n) is 4.55. The van der Waals surface area contributed by atoms with E-state index in [1.54, 1.807) is 4.90 Å². The van der Waals surface area contributed by atoms with Crippen LogP contribution in [0, 0.1) is 18.8 Å². The quantitative estimate of drug-likeness (QED) is 0.642. The molecule has 0 unspecified atom stereocenters. The maximum absolute atomic E-state index is 12.1. The third kappa shape index (κ3) is 1.22. The molecule has 0 atom stereocenters. The molecule has 18 heavy (non-hydrogen) atoms. The van der Waals surface area contributed by atoms with Gasteiger partial charge in [0.15, 0.2) is 0 Å². The first-order valence-electron chi connectivity index (χ1n) is 5.92. The summed E-state index contributed by atoms with van der Waals surface area (Å²) in [5.74, 6) is 6.17. The van der Waals surface area contributed by atoms with Crippen LogP contribution < -0.4 is 4.90 Å². The minimum absolute atomic E-state index is 0.0663. The predicted octanol–water partition coefficient (Wildman–Crippen LogP) is 3.11. The van der Waals surface area contributed by atoms with Crippen LogP contribution in [0.25, 0.3) is 10.8 Å². The van der Waals surface area contributed by atoms with E-state index in [0.717, 1.165) is 33.2 Å². The molecule has 2 heteroatoms. The molecule has 3 rings (SSSR count). The Hall–Kier alpha value is -2.27. The average molecular weight is 235 g/mol. The summed E-state index contributed by atoms with van der Waals surface area (Å²) in [5, 5.41) is 2.11. The van der Waals surface area contributed by atoms with Crippen LogP contribution in [0.2, 0.25) is 0 Å². The summed E-state index contributed by atoms with van der Waals surface area (Å²) in [6.07, 6.45) is 0. The van der Waals surface area contributed by atoms with Crippen molar-refractivity contribution in [1.82, 2.24) is 0 Å². The Labute approximate surface area is 106 Å². The fourth-order valence-corrected chi connectivity index (χ4v) is 2.62. The van der Waals surface area contributed by atoms with Gasteiger partial charge in [-0.2, -0.15) is 0 Å². The topological polar surface area (TPSA) is 20.3 Å². The van der Waals surface area contributed by atoms with Crippen molar-refractivity contribution in [3.63, 3.8) is 0 Å². The zero-order valence-corrected chi connectivity index (χ0v) is 10.7. The lowest BCUT2D eigenvalue weighted by molar-refractivity contribution is 0.0999. The van der Waals surface area contributed by atoms with Crippen molar-refractivity contribution >= 4 is 22.4 Å². The number of carbonyl (C=O) groups is 1. The number of rotatable bonds is 0. The molecule has 1 amide bonds. The highest BCUT2D eigenvalue weighted by molar-refractivity contribution is 6.25. The lowest BCUT2D eigenvalue weighted by Gasteiger charge is -2.12. The standard InChI is InChI=1S/C16H13NO/c1-4-6-11-10(2)9-14-15-12(11)7-5-8-13(15)16(18)17(14)3/h5,7-9H,1-3H3. The van der Waals surface area contributed by atoms with Crippen molar-refractivity contribution in [1.29, 1.82) is 0 Å². The smallest absolute Gasteiger partial charge is 0.258 e. The molecule has 0 bridgehead atoms. The number of benzene rings is 2. The van der Waals surface area contributed by atoms with E-state index in [4.69, 9.17) is 0 Å². The zero-order valence-electron chi connectivity index (χ0n) is 10.7. The Bertz CT molecular complexity index is 747. The van der Waals surface area contributed by atoms with Crippen LogP contribution in [-0.4, -0.2) is 13.0 Å². The second kappa shape index (κ2) is 3.61. The van der Waals surface area contributed by atoms with Gasteiger partial charge in [0.1, 0.15) is 0 Å². The Morgan fingerprint density at radius 3 is 2.78 bits per heavy atom. The van der Waals surface area contributed by atoms with Gasteiger partial charge in [0, 0.05) is 28.9 Å². The van der Waals surface area contributed by atoms with Crippen LogP contribution in [0.15, 0.2) is 24.3 Å². The number of aryl methyl sites for hydroxylation is 1. The van der Waals surface area contributed by atoms with Crippen LogP contribution >= 0.6 is 0 Å². The van der Waals surface area contributed by atoms with Gasteiger partial charge in [-0.15, -0.1) is 5.92 Å². The second-order valence-corrected chi connectivity index (χ2v) is 4.55. The third-order valence-corrected chi connectivity index (χ3v) is 3.48. The van der Waals surface area contributed by atoms with E-state index < -0.39 is 0 Å². The highest BCUT2D eigenvalue weighted by Crippen LogP contribution is 2.39. The molecule has 2 nitrogen and oxygen atoms in total. The highest BCUT2D eigenvalue weighted by atomic mass is 16.2. The Morgan fingerprint density at radius 1 is 1.28 bits per heavy atom. The number of hydrogen-bond donors (Lipinski definition) is 0. The van der Waals surface area contributed by atoms with Gasteiger partial charge >= 0.3 is 0 Å². The van der Waals surface area contributed by atoms with Gasteiger partial charge in [0.2, 0.25) is 0 Å². The molecule has 0 N–H and O–H groups in total. The first kappa shape index (κ1) is 10.9. The normalized spacial score (nSPS) is 12.8. The van der Waals surface area contributed by atoms with Gasteiger partial charge < -0.3 is 4.90 Å². The van der Waals surface area contributed by atoms with E-state index >= 15 is 0 Å². The van der Waals surface area contributed by atoms with Gasteiger partial charge in [0.25, 0.3) is 5.91 Å². The summed E-state index contributed by atoms with van der Waals surface area (Å²) in [4.78, 5) is 13.9. The molecule has 2 aromatic rings. The minimum Gasteiger partial charge on any atom is -0.311 e. The van der Waals surface area contributed by atoms with Gasteiger partial charge in [-0.05, 0) is 31.5 Å². The molecule has 0 aliphatic carbocycles. The molecule has 2 aromatic carbocycles. The third-order valence-electron chi connectivity index (χ3n) is 3.48. The number of hydrogen-bond acceptors (Lipinski definition) is 1. The van der Waals surface area contributed by atoms with Crippen LogP contribution in [0.3, 0.4) is 0 Å². The largest absolute Gasteiger partial charge is 0.311 e. The monoisotopic (exact) mass is 235 g/mol. The Kier molecular flexibility index (Phi) is 2.18. The minimum atomic E-state index is 0.0663. The van der Waals surface area contributed by atoms with E-state index in [9.17, 15) is 4.79 Å². The van der Waals surface area contributed by atoms with Gasteiger partial charge in [-0.3, -0.25) is 4.79 Å². The van der Waals surface area contributed by atoms with Crippen LogP contribution in [0.4, 0.5) is 5.69 Å². The molecule has 0 fully saturated rings. The number of carbonyl (C=O) groups excluding carboxylic acids is 1. The fraction of sp³-hybridized carbons (Fsp3) is 0.188. The molecule has 0 saturated carbocycles. The highest BCUT2D eigenvalue weighted by Gasteiger charge is 2.28. The summed E-state index contributed by atoms with van der Waals surface area (Å²) in [5.41, 5.74) is 3.92. The van der Waals surface area contributed by atoms with Gasteiger partial charge in [0.05, 0.1) is 5.69 Å². The maximum atomic E-state index is 12.1. The molecule has 0 saturated heterocycles. The molecule has 0 radical (unpaired) electrons. The van der Waals surface area contributed by atoms with Gasteiger partial charge in [-0.1, -0.05) is 18.1 Å². The lowest BCUT2D eigenvalue weighted by atomic mass is 9.97. The molecule has 1 aliphatic rings. The van der Waals surface area contributed by atoms with Crippen molar-refractivity contribution in [3.05, 3.63) is 41.0 Å². The van der Waals surface area contributed by atoms with E-state index in [0.29, 0.717) is 0 Å². The lowest BCUT2D eigenvalue weighted by Crippen LogP contribution is -2.20. The summed E-state index contributed by atoms with van der Waals surface area (Å²) >= 11 is 0. The van der Waals surface area contributed by atoms with Crippen molar-refractivity contribution in [3.8, 4) is 11.8 Å². The van der Waals surface area contributed by atoms with Gasteiger partial charge in [-0.25, -0.2) is 0 Å². The SMILES string of the molecule is CC#Cc1c(C)cc2c3c(cccc13)C(=O)N2C. The summed E-state index contributed by atoms with van der Waals surface area (Å²) in [6, 6.07) is 7.91. The molecule has 1 heterocycles. The van der Waals surface area contributed by atoms with Crippen LogP contribution in [-0.2, 0) is 0 Å². The summed E-state index contributed by atoms with van der Waals surface area (Å²) in [6.45, 7) is 3.87. The molecular formula is C16H13NO. The number of nitrogens with zero attached hydrogens (tertiary/aromatic N) is 1. The molecule has 88 valence electrons.